The second kappa shape index (κ2) is 11.5. The van der Waals surface area contributed by atoms with Crippen LogP contribution in [0.2, 0.25) is 0 Å². The lowest BCUT2D eigenvalue weighted by atomic mass is 9.82. The minimum absolute atomic E-state index is 0.234. The van der Waals surface area contributed by atoms with Crippen molar-refractivity contribution >= 4 is 33.3 Å². The molecular weight excluding hydrogens is 570 g/mol. The van der Waals surface area contributed by atoms with Gasteiger partial charge in [-0.1, -0.05) is 98.8 Å². The second-order valence-corrected chi connectivity index (χ2v) is 12.6. The fourth-order valence-electron chi connectivity index (χ4n) is 6.64. The van der Waals surface area contributed by atoms with Crippen molar-refractivity contribution in [3.05, 3.63) is 137 Å². The van der Waals surface area contributed by atoms with Crippen molar-refractivity contribution in [2.75, 3.05) is 6.61 Å². The van der Waals surface area contributed by atoms with E-state index in [4.69, 9.17) is 9.72 Å². The summed E-state index contributed by atoms with van der Waals surface area (Å²) in [5.74, 6) is -0.119. The monoisotopic (exact) mass is 607 g/mol. The highest BCUT2D eigenvalue weighted by atomic mass is 16.5. The first kappa shape index (κ1) is 29.4. The molecule has 0 aliphatic carbocycles. The molecule has 0 saturated heterocycles. The SMILES string of the molecule is Cc1c(-c2cccc3c(CCCOc4cccc5ccccc45)c(C(=O)O)[nH]c23)cn2cc(C(C)(C)c3ccccc3)nc2c1C. The Morgan fingerprint density at radius 1 is 0.848 bits per heavy atom. The van der Waals surface area contributed by atoms with Gasteiger partial charge in [0.25, 0.3) is 0 Å². The van der Waals surface area contributed by atoms with Crippen molar-refractivity contribution in [2.24, 2.45) is 0 Å². The highest BCUT2D eigenvalue weighted by Crippen LogP contribution is 2.37. The molecule has 0 aliphatic heterocycles. The highest BCUT2D eigenvalue weighted by Gasteiger charge is 2.27. The van der Waals surface area contributed by atoms with E-state index in [0.29, 0.717) is 19.4 Å². The van der Waals surface area contributed by atoms with Crippen LogP contribution in [0.1, 0.15) is 58.7 Å². The topological polar surface area (TPSA) is 79.6 Å². The number of imidazole rings is 1. The minimum Gasteiger partial charge on any atom is -0.493 e. The van der Waals surface area contributed by atoms with Crippen molar-refractivity contribution in [1.29, 1.82) is 0 Å². The highest BCUT2D eigenvalue weighted by molar-refractivity contribution is 6.03. The Bertz CT molecular complexity index is 2240. The van der Waals surface area contributed by atoms with Crippen LogP contribution in [0.3, 0.4) is 0 Å². The second-order valence-electron chi connectivity index (χ2n) is 12.6. The summed E-state index contributed by atoms with van der Waals surface area (Å²) >= 11 is 0. The summed E-state index contributed by atoms with van der Waals surface area (Å²) < 4.78 is 8.29. The van der Waals surface area contributed by atoms with Crippen LogP contribution in [0, 0.1) is 13.8 Å². The average molecular weight is 608 g/mol. The van der Waals surface area contributed by atoms with Crippen molar-refractivity contribution in [3.63, 3.8) is 0 Å². The van der Waals surface area contributed by atoms with E-state index in [-0.39, 0.29) is 11.1 Å². The molecule has 4 aromatic carbocycles. The van der Waals surface area contributed by atoms with Crippen molar-refractivity contribution in [1.82, 2.24) is 14.4 Å². The van der Waals surface area contributed by atoms with E-state index < -0.39 is 5.97 Å². The number of fused-ring (bicyclic) bond motifs is 3. The molecule has 3 aromatic heterocycles. The molecule has 0 atom stereocenters. The maximum Gasteiger partial charge on any atom is 0.352 e. The number of pyridine rings is 1. The van der Waals surface area contributed by atoms with Gasteiger partial charge in [0.1, 0.15) is 17.1 Å². The molecule has 7 rings (SSSR count). The van der Waals surface area contributed by atoms with Crippen LogP contribution in [0.15, 0.2) is 103 Å². The van der Waals surface area contributed by atoms with Crippen LogP contribution >= 0.6 is 0 Å². The molecule has 0 fully saturated rings. The zero-order valence-corrected chi connectivity index (χ0v) is 26.6. The Morgan fingerprint density at radius 2 is 1.57 bits per heavy atom. The standard InChI is InChI=1S/C40H37N3O3/c1-25-26(2)38-41-35(40(3,4)28-15-6-5-7-16-28)24-43(38)23-33(25)32-19-11-18-30-31(37(39(44)45)42-36(30)32)20-12-22-46-34-21-10-14-27-13-8-9-17-29(27)34/h5-11,13-19,21,23-24,42H,12,20,22H2,1-4H3,(H,44,45). The van der Waals surface area contributed by atoms with Crippen molar-refractivity contribution < 1.29 is 14.6 Å². The molecule has 0 amide bonds. The first-order chi connectivity index (χ1) is 22.2. The van der Waals surface area contributed by atoms with Gasteiger partial charge in [0, 0.05) is 39.7 Å². The number of rotatable bonds is 9. The van der Waals surface area contributed by atoms with Crippen LogP contribution in [-0.2, 0) is 11.8 Å². The Balaban J connectivity index is 1.23. The number of hydrogen-bond acceptors (Lipinski definition) is 3. The van der Waals surface area contributed by atoms with Gasteiger partial charge in [-0.05, 0) is 60.4 Å². The number of ether oxygens (including phenoxy) is 1. The third kappa shape index (κ3) is 5.00. The fraction of sp³-hybridized carbons (Fsp3) is 0.200. The number of aromatic carboxylic acids is 1. The van der Waals surface area contributed by atoms with Gasteiger partial charge in [0.15, 0.2) is 0 Å². The van der Waals surface area contributed by atoms with E-state index in [9.17, 15) is 9.90 Å². The normalized spacial score (nSPS) is 11.9. The summed E-state index contributed by atoms with van der Waals surface area (Å²) in [7, 11) is 0. The lowest BCUT2D eigenvalue weighted by molar-refractivity contribution is 0.0690. The van der Waals surface area contributed by atoms with Crippen molar-refractivity contribution in [2.45, 2.75) is 46.0 Å². The molecule has 6 heteroatoms. The van der Waals surface area contributed by atoms with Crippen LogP contribution in [-0.4, -0.2) is 32.1 Å². The number of H-pyrrole nitrogens is 1. The number of carboxylic acid groups (broad SMARTS) is 1. The number of carboxylic acids is 1. The third-order valence-corrected chi connectivity index (χ3v) is 9.46. The Morgan fingerprint density at radius 3 is 2.37 bits per heavy atom. The van der Waals surface area contributed by atoms with Gasteiger partial charge >= 0.3 is 5.97 Å². The molecule has 3 heterocycles. The van der Waals surface area contributed by atoms with Gasteiger partial charge < -0.3 is 19.2 Å². The maximum atomic E-state index is 12.5. The van der Waals surface area contributed by atoms with Gasteiger partial charge in [-0.3, -0.25) is 0 Å². The van der Waals surface area contributed by atoms with Crippen molar-refractivity contribution in [3.8, 4) is 16.9 Å². The molecule has 46 heavy (non-hydrogen) atoms. The van der Waals surface area contributed by atoms with E-state index in [0.717, 1.165) is 66.6 Å². The summed E-state index contributed by atoms with van der Waals surface area (Å²) in [6, 6.07) is 30.8. The summed E-state index contributed by atoms with van der Waals surface area (Å²) in [6.45, 7) is 9.12. The zero-order chi connectivity index (χ0) is 32.0. The Labute approximate surface area is 268 Å². The lowest BCUT2D eigenvalue weighted by Crippen LogP contribution is -2.19. The minimum atomic E-state index is -0.960. The first-order valence-electron chi connectivity index (χ1n) is 15.8. The van der Waals surface area contributed by atoms with Crippen LogP contribution in [0.5, 0.6) is 5.75 Å². The lowest BCUT2D eigenvalue weighted by Gasteiger charge is -2.22. The van der Waals surface area contributed by atoms with Gasteiger partial charge in [-0.15, -0.1) is 0 Å². The number of carbonyl (C=O) groups is 1. The molecule has 7 aromatic rings. The number of benzene rings is 4. The van der Waals surface area contributed by atoms with E-state index in [2.05, 4.69) is 98.0 Å². The molecule has 0 radical (unpaired) electrons. The van der Waals surface area contributed by atoms with Crippen LogP contribution in [0.4, 0.5) is 0 Å². The molecular formula is C40H37N3O3. The zero-order valence-electron chi connectivity index (χ0n) is 26.6. The number of aromatic nitrogens is 3. The molecule has 2 N–H and O–H groups in total. The fourth-order valence-corrected chi connectivity index (χ4v) is 6.64. The molecule has 6 nitrogen and oxygen atoms in total. The molecule has 0 bridgehead atoms. The van der Waals surface area contributed by atoms with E-state index in [1.807, 2.05) is 42.5 Å². The quantitative estimate of drug-likeness (QED) is 0.160. The summed E-state index contributed by atoms with van der Waals surface area (Å²) in [5.41, 5.74) is 8.96. The first-order valence-corrected chi connectivity index (χ1v) is 15.8. The van der Waals surface area contributed by atoms with Gasteiger partial charge in [0.2, 0.25) is 0 Å². The molecule has 0 aliphatic rings. The van der Waals surface area contributed by atoms with Gasteiger partial charge in [0.05, 0.1) is 17.8 Å². The largest absolute Gasteiger partial charge is 0.493 e. The molecule has 0 unspecified atom stereocenters. The number of hydrogen-bond donors (Lipinski definition) is 2. The number of aromatic amines is 1. The smallest absolute Gasteiger partial charge is 0.352 e. The summed E-state index contributed by atoms with van der Waals surface area (Å²) in [6.07, 6.45) is 5.51. The van der Waals surface area contributed by atoms with Crippen LogP contribution < -0.4 is 4.74 Å². The molecule has 0 spiro atoms. The van der Waals surface area contributed by atoms with E-state index in [1.165, 1.54) is 5.56 Å². The molecule has 0 saturated carbocycles. The van der Waals surface area contributed by atoms with Gasteiger partial charge in [-0.2, -0.15) is 0 Å². The van der Waals surface area contributed by atoms with E-state index in [1.54, 1.807) is 0 Å². The third-order valence-electron chi connectivity index (χ3n) is 9.46. The Kier molecular flexibility index (Phi) is 7.36. The summed E-state index contributed by atoms with van der Waals surface area (Å²) in [4.78, 5) is 20.9. The number of nitrogens with one attached hydrogen (secondary N) is 1. The number of para-hydroxylation sites is 1. The number of aryl methyl sites for hydroxylation is 2. The van der Waals surface area contributed by atoms with Crippen LogP contribution in [0.25, 0.3) is 38.4 Å². The summed E-state index contributed by atoms with van der Waals surface area (Å²) in [5, 5.41) is 13.3. The van der Waals surface area contributed by atoms with E-state index >= 15 is 0 Å². The predicted octanol–water partition coefficient (Wildman–Crippen LogP) is 9.29. The maximum absolute atomic E-state index is 12.5. The Hall–Kier alpha value is -5.36. The predicted molar refractivity (Wildman–Crippen MR) is 185 cm³/mol. The number of nitrogens with zero attached hydrogens (tertiary/aromatic N) is 2. The average Bonchev–Trinajstić information content (AvgIpc) is 3.68. The molecule has 230 valence electrons. The van der Waals surface area contributed by atoms with Gasteiger partial charge in [-0.25, -0.2) is 9.78 Å².